The molecule has 1 aliphatic heterocycles. The third kappa shape index (κ3) is 1.03. The maximum atomic E-state index is 5.96. The number of rotatable bonds is 2. The van der Waals surface area contributed by atoms with Crippen molar-refractivity contribution in [2.45, 2.75) is 58.8 Å². The first-order chi connectivity index (χ1) is 6.06. The standard InChI is InChI=1S/C11H23OPS/c1-8-12-13(14)10(4,5)9(2,3)11(13,6)7/h8H2,1-7H3. The SMILES string of the molecule is CCOP1(=S)C(C)(C)C(C)(C)C1(C)C. The fraction of sp³-hybridized carbons (Fsp3) is 1.00. The molecule has 0 bridgehead atoms. The zero-order valence-corrected chi connectivity index (χ0v) is 12.2. The Hall–Kier alpha value is 0.610. The Kier molecular flexibility index (Phi) is 2.77. The maximum absolute atomic E-state index is 5.96. The van der Waals surface area contributed by atoms with Crippen molar-refractivity contribution in [3.8, 4) is 0 Å². The van der Waals surface area contributed by atoms with Gasteiger partial charge in [-0.05, 0) is 12.3 Å². The minimum Gasteiger partial charge on any atom is -0.350 e. The van der Waals surface area contributed by atoms with Gasteiger partial charge in [-0.25, -0.2) is 0 Å². The van der Waals surface area contributed by atoms with Crippen LogP contribution in [0.1, 0.15) is 48.5 Å². The summed E-state index contributed by atoms with van der Waals surface area (Å²) in [4.78, 5) is 0. The van der Waals surface area contributed by atoms with Crippen molar-refractivity contribution in [1.29, 1.82) is 0 Å². The second-order valence-corrected chi connectivity index (χ2v) is 10.9. The van der Waals surface area contributed by atoms with Crippen LogP contribution in [-0.4, -0.2) is 16.9 Å². The third-order valence-corrected chi connectivity index (χ3v) is 12.6. The lowest BCUT2D eigenvalue weighted by Gasteiger charge is -2.71. The molecule has 0 aliphatic carbocycles. The molecule has 0 amide bonds. The van der Waals surface area contributed by atoms with E-state index in [1.54, 1.807) is 0 Å². The molecule has 14 heavy (non-hydrogen) atoms. The lowest BCUT2D eigenvalue weighted by atomic mass is 9.69. The monoisotopic (exact) mass is 234 g/mol. The van der Waals surface area contributed by atoms with E-state index in [9.17, 15) is 0 Å². The van der Waals surface area contributed by atoms with Crippen LogP contribution in [0, 0.1) is 5.41 Å². The molecule has 1 heterocycles. The molecule has 1 fully saturated rings. The maximum Gasteiger partial charge on any atom is 0.0790 e. The smallest absolute Gasteiger partial charge is 0.0790 e. The van der Waals surface area contributed by atoms with Crippen LogP contribution in [0.3, 0.4) is 0 Å². The summed E-state index contributed by atoms with van der Waals surface area (Å²) in [5.41, 5.74) is 0.269. The van der Waals surface area contributed by atoms with Gasteiger partial charge in [0.25, 0.3) is 0 Å². The Morgan fingerprint density at radius 1 is 1.00 bits per heavy atom. The van der Waals surface area contributed by atoms with E-state index in [1.165, 1.54) is 0 Å². The Bertz CT molecular complexity index is 270. The van der Waals surface area contributed by atoms with Crippen molar-refractivity contribution in [2.75, 3.05) is 6.61 Å². The van der Waals surface area contributed by atoms with Gasteiger partial charge < -0.3 is 4.52 Å². The van der Waals surface area contributed by atoms with E-state index >= 15 is 0 Å². The van der Waals surface area contributed by atoms with Crippen molar-refractivity contribution in [2.24, 2.45) is 5.41 Å². The van der Waals surface area contributed by atoms with Gasteiger partial charge in [-0.15, -0.1) is 0 Å². The number of hydrogen-bond donors (Lipinski definition) is 0. The van der Waals surface area contributed by atoms with E-state index in [2.05, 4.69) is 41.5 Å². The normalized spacial score (nSPS) is 30.8. The molecule has 3 heteroatoms. The predicted molar refractivity (Wildman–Crippen MR) is 67.9 cm³/mol. The average molecular weight is 234 g/mol. The highest BCUT2D eigenvalue weighted by atomic mass is 32.4. The molecule has 0 radical (unpaired) electrons. The molecule has 0 aromatic heterocycles. The minimum absolute atomic E-state index is 0.162. The van der Waals surface area contributed by atoms with Crippen molar-refractivity contribution >= 4 is 18.1 Å². The molecule has 0 aromatic rings. The van der Waals surface area contributed by atoms with Crippen molar-refractivity contribution in [1.82, 2.24) is 0 Å². The zero-order chi connectivity index (χ0) is 11.4. The van der Waals surface area contributed by atoms with Crippen molar-refractivity contribution in [3.63, 3.8) is 0 Å². The molecular weight excluding hydrogens is 211 g/mol. The molecule has 1 saturated heterocycles. The van der Waals surface area contributed by atoms with Crippen LogP contribution in [0.5, 0.6) is 0 Å². The summed E-state index contributed by atoms with van der Waals surface area (Å²) in [7, 11) is 0. The van der Waals surface area contributed by atoms with E-state index in [1.807, 2.05) is 6.92 Å². The van der Waals surface area contributed by atoms with Crippen LogP contribution in [0.25, 0.3) is 0 Å². The topological polar surface area (TPSA) is 9.23 Å². The lowest BCUT2D eigenvalue weighted by molar-refractivity contribution is 0.120. The van der Waals surface area contributed by atoms with Gasteiger partial charge in [0, 0.05) is 16.9 Å². The van der Waals surface area contributed by atoms with Gasteiger partial charge in [0.2, 0.25) is 0 Å². The van der Waals surface area contributed by atoms with Gasteiger partial charge in [0.15, 0.2) is 0 Å². The fourth-order valence-electron chi connectivity index (χ4n) is 2.63. The van der Waals surface area contributed by atoms with E-state index in [0.717, 1.165) is 6.61 Å². The Balaban J connectivity index is 3.19. The second-order valence-electron chi connectivity index (χ2n) is 5.71. The minimum atomic E-state index is -1.69. The highest BCUT2D eigenvalue weighted by Gasteiger charge is 2.72. The molecule has 1 aliphatic rings. The molecule has 0 spiro atoms. The summed E-state index contributed by atoms with van der Waals surface area (Å²) in [6, 6.07) is 0. The van der Waals surface area contributed by atoms with Gasteiger partial charge in [-0.1, -0.05) is 53.3 Å². The van der Waals surface area contributed by atoms with E-state index < -0.39 is 6.26 Å². The van der Waals surface area contributed by atoms with Gasteiger partial charge in [0.05, 0.1) is 6.26 Å². The molecule has 0 saturated carbocycles. The van der Waals surface area contributed by atoms with Crippen molar-refractivity contribution in [3.05, 3.63) is 0 Å². The van der Waals surface area contributed by atoms with E-state index in [-0.39, 0.29) is 15.7 Å². The molecule has 0 N–H and O–H groups in total. The van der Waals surface area contributed by atoms with Gasteiger partial charge in [0.1, 0.15) is 0 Å². The summed E-state index contributed by atoms with van der Waals surface area (Å²) >= 11 is 5.84. The van der Waals surface area contributed by atoms with E-state index in [0.29, 0.717) is 0 Å². The van der Waals surface area contributed by atoms with Crippen LogP contribution in [-0.2, 0) is 16.3 Å². The average Bonchev–Trinajstić information content (AvgIpc) is 2.02. The summed E-state index contributed by atoms with van der Waals surface area (Å²) in [5.74, 6) is 0. The summed E-state index contributed by atoms with van der Waals surface area (Å²) in [6.45, 7) is 16.5. The lowest BCUT2D eigenvalue weighted by Crippen LogP contribution is -2.65. The molecule has 84 valence electrons. The number of hydrogen-bond acceptors (Lipinski definition) is 2. The Labute approximate surface area is 93.7 Å². The van der Waals surface area contributed by atoms with Crippen LogP contribution in [0.2, 0.25) is 0 Å². The fourth-order valence-corrected chi connectivity index (χ4v) is 8.59. The molecule has 0 atom stereocenters. The summed E-state index contributed by atoms with van der Waals surface area (Å²) < 4.78 is 5.96. The van der Waals surface area contributed by atoms with Crippen LogP contribution in [0.15, 0.2) is 0 Å². The molecule has 1 rings (SSSR count). The first kappa shape index (κ1) is 12.7. The summed E-state index contributed by atoms with van der Waals surface area (Å²) in [5, 5.41) is 0.323. The zero-order valence-electron chi connectivity index (χ0n) is 10.5. The highest BCUT2D eigenvalue weighted by molar-refractivity contribution is 8.14. The molecular formula is C11H23OPS. The first-order valence-corrected chi connectivity index (χ1v) is 8.03. The third-order valence-electron chi connectivity index (χ3n) is 4.84. The largest absolute Gasteiger partial charge is 0.350 e. The van der Waals surface area contributed by atoms with Crippen LogP contribution >= 0.6 is 6.26 Å². The predicted octanol–water partition coefficient (Wildman–Crippen LogP) is 4.01. The Morgan fingerprint density at radius 3 is 1.64 bits per heavy atom. The quantitative estimate of drug-likeness (QED) is 0.667. The van der Waals surface area contributed by atoms with Crippen LogP contribution < -0.4 is 0 Å². The highest BCUT2D eigenvalue weighted by Crippen LogP contribution is 2.87. The van der Waals surface area contributed by atoms with Gasteiger partial charge >= 0.3 is 0 Å². The van der Waals surface area contributed by atoms with Crippen LogP contribution in [0.4, 0.5) is 0 Å². The Morgan fingerprint density at radius 2 is 1.36 bits per heavy atom. The second kappa shape index (κ2) is 3.06. The molecule has 1 nitrogen and oxygen atoms in total. The molecule has 0 unspecified atom stereocenters. The first-order valence-electron chi connectivity index (χ1n) is 5.31. The summed E-state index contributed by atoms with van der Waals surface area (Å²) in [6.07, 6.45) is -1.69. The molecule has 0 aromatic carbocycles. The van der Waals surface area contributed by atoms with Gasteiger partial charge in [-0.3, -0.25) is 0 Å². The van der Waals surface area contributed by atoms with Crippen molar-refractivity contribution < 1.29 is 4.52 Å². The van der Waals surface area contributed by atoms with E-state index in [4.69, 9.17) is 16.3 Å². The van der Waals surface area contributed by atoms with Gasteiger partial charge in [-0.2, -0.15) is 0 Å².